The summed E-state index contributed by atoms with van der Waals surface area (Å²) in [6.45, 7) is 7.95. The van der Waals surface area contributed by atoms with Crippen LogP contribution in [-0.4, -0.2) is 18.7 Å². The Bertz CT molecular complexity index is 295. The smallest absolute Gasteiger partial charge is 1.00 e. The van der Waals surface area contributed by atoms with Crippen molar-refractivity contribution in [3.8, 4) is 6.07 Å². The summed E-state index contributed by atoms with van der Waals surface area (Å²) in [7, 11) is -3.82. The van der Waals surface area contributed by atoms with E-state index < -0.39 is 10.1 Å². The molecule has 4 nitrogen and oxygen atoms in total. The zero-order chi connectivity index (χ0) is 10.2. The van der Waals surface area contributed by atoms with Crippen molar-refractivity contribution in [2.45, 2.75) is 6.92 Å². The van der Waals surface area contributed by atoms with Crippen LogP contribution in [0.5, 0.6) is 0 Å². The molecule has 0 atom stereocenters. The summed E-state index contributed by atoms with van der Waals surface area (Å²) in [5.41, 5.74) is 0.438. The zero-order valence-electron chi connectivity index (χ0n) is 8.82. The van der Waals surface area contributed by atoms with Gasteiger partial charge >= 0.3 is 29.6 Å². The van der Waals surface area contributed by atoms with Crippen molar-refractivity contribution in [1.82, 2.24) is 0 Å². The first-order chi connectivity index (χ1) is 5.33. The molecule has 0 saturated carbocycles. The molecule has 0 aliphatic heterocycles. The number of hydrogen-bond acceptors (Lipinski definition) is 3. The summed E-state index contributed by atoms with van der Waals surface area (Å²) >= 11 is 0. The van der Waals surface area contributed by atoms with Crippen LogP contribution in [0.2, 0.25) is 0 Å². The van der Waals surface area contributed by atoms with Crippen LogP contribution in [0, 0.1) is 11.3 Å². The summed E-state index contributed by atoms with van der Waals surface area (Å²) in [5.74, 6) is -0.340. The summed E-state index contributed by atoms with van der Waals surface area (Å²) in [6, 6.07) is 1.69. The molecule has 0 spiro atoms. The van der Waals surface area contributed by atoms with Gasteiger partial charge in [-0.3, -0.25) is 4.55 Å². The number of nitrogens with zero attached hydrogens (tertiary/aromatic N) is 1. The molecule has 0 aromatic carbocycles. The SMILES string of the molecule is C=C(C)CS(=O)(=O)O.C=CC#N.[H-].[Na+]. The first kappa shape index (κ1) is 18.6. The van der Waals surface area contributed by atoms with E-state index in [1.165, 1.54) is 13.0 Å². The molecule has 0 fully saturated rings. The maximum atomic E-state index is 9.94. The van der Waals surface area contributed by atoms with Crippen LogP contribution in [0.4, 0.5) is 0 Å². The fourth-order valence-corrected chi connectivity index (χ4v) is 0.934. The van der Waals surface area contributed by atoms with Gasteiger partial charge in [0.15, 0.2) is 0 Å². The van der Waals surface area contributed by atoms with Crippen molar-refractivity contribution in [3.05, 3.63) is 24.8 Å². The van der Waals surface area contributed by atoms with Crippen LogP contribution in [-0.2, 0) is 10.1 Å². The van der Waals surface area contributed by atoms with Crippen LogP contribution in [0.1, 0.15) is 8.35 Å². The second-order valence-corrected chi connectivity index (χ2v) is 3.47. The molecule has 0 aliphatic carbocycles. The quantitative estimate of drug-likeness (QED) is 0.256. The van der Waals surface area contributed by atoms with Crippen molar-refractivity contribution < 1.29 is 44.0 Å². The molecule has 0 rings (SSSR count). The topological polar surface area (TPSA) is 78.2 Å². The zero-order valence-corrected chi connectivity index (χ0v) is 10.6. The van der Waals surface area contributed by atoms with Crippen LogP contribution in [0.15, 0.2) is 24.8 Å². The molecule has 0 unspecified atom stereocenters. The van der Waals surface area contributed by atoms with E-state index in [2.05, 4.69) is 13.2 Å². The molecular weight excluding hydrogens is 201 g/mol. The van der Waals surface area contributed by atoms with Gasteiger partial charge in [-0.2, -0.15) is 13.7 Å². The van der Waals surface area contributed by atoms with Crippen molar-refractivity contribution in [2.75, 3.05) is 5.75 Å². The average Bonchev–Trinajstić information content (AvgIpc) is 1.83. The van der Waals surface area contributed by atoms with Gasteiger partial charge in [-0.25, -0.2) is 0 Å². The Morgan fingerprint density at radius 3 is 2.08 bits per heavy atom. The first-order valence-electron chi connectivity index (χ1n) is 2.93. The fraction of sp³-hybridized carbons (Fsp3) is 0.286. The summed E-state index contributed by atoms with van der Waals surface area (Å²) in [4.78, 5) is 0. The second kappa shape index (κ2) is 9.96. The van der Waals surface area contributed by atoms with E-state index in [4.69, 9.17) is 9.81 Å². The van der Waals surface area contributed by atoms with Crippen molar-refractivity contribution >= 4 is 10.1 Å². The molecule has 0 amide bonds. The number of hydrogen-bond donors (Lipinski definition) is 1. The Kier molecular flexibility index (Phi) is 14.3. The molecule has 0 heterocycles. The van der Waals surface area contributed by atoms with E-state index >= 15 is 0 Å². The third-order valence-corrected chi connectivity index (χ3v) is 1.38. The van der Waals surface area contributed by atoms with E-state index in [-0.39, 0.29) is 36.7 Å². The van der Waals surface area contributed by atoms with Gasteiger partial charge in [0.05, 0.1) is 11.8 Å². The van der Waals surface area contributed by atoms with E-state index in [0.717, 1.165) is 0 Å². The molecule has 0 radical (unpaired) electrons. The Balaban J connectivity index is -0.0000000733. The van der Waals surface area contributed by atoms with E-state index in [1.807, 2.05) is 0 Å². The van der Waals surface area contributed by atoms with Gasteiger partial charge in [0.1, 0.15) is 0 Å². The molecule has 6 heteroatoms. The minimum absolute atomic E-state index is 0. The third-order valence-electron chi connectivity index (χ3n) is 0.520. The van der Waals surface area contributed by atoms with Crippen LogP contribution in [0.3, 0.4) is 0 Å². The molecule has 0 aromatic rings. The minimum Gasteiger partial charge on any atom is -1.00 e. The Hall–Kier alpha value is -0.120. The number of rotatable bonds is 2. The molecule has 0 aromatic heterocycles. The van der Waals surface area contributed by atoms with E-state index in [0.29, 0.717) is 5.57 Å². The maximum absolute atomic E-state index is 9.94. The molecule has 0 bridgehead atoms. The molecule has 70 valence electrons. The van der Waals surface area contributed by atoms with Gasteiger partial charge in [0.2, 0.25) is 0 Å². The van der Waals surface area contributed by atoms with Gasteiger partial charge in [-0.1, -0.05) is 18.7 Å². The molecule has 0 saturated heterocycles. The average molecular weight is 213 g/mol. The van der Waals surface area contributed by atoms with E-state index in [9.17, 15) is 8.42 Å². The molecule has 1 N–H and O–H groups in total. The molecular formula is C7H12NNaO3S. The summed E-state index contributed by atoms with van der Waals surface area (Å²) in [6.07, 6.45) is 1.18. The maximum Gasteiger partial charge on any atom is 1.00 e. The second-order valence-electron chi connectivity index (χ2n) is 2.02. The van der Waals surface area contributed by atoms with Gasteiger partial charge in [-0.05, 0) is 6.92 Å². The van der Waals surface area contributed by atoms with Crippen molar-refractivity contribution in [2.24, 2.45) is 0 Å². The fourth-order valence-electron chi connectivity index (χ4n) is 0.311. The van der Waals surface area contributed by atoms with Crippen LogP contribution < -0.4 is 29.6 Å². The minimum atomic E-state index is -3.82. The van der Waals surface area contributed by atoms with Crippen molar-refractivity contribution in [1.29, 1.82) is 5.26 Å². The summed E-state index contributed by atoms with van der Waals surface area (Å²) in [5, 5.41) is 7.51. The van der Waals surface area contributed by atoms with Crippen LogP contribution >= 0.6 is 0 Å². The molecule has 0 aliphatic rings. The van der Waals surface area contributed by atoms with Gasteiger partial charge in [0.25, 0.3) is 10.1 Å². The summed E-state index contributed by atoms with van der Waals surface area (Å²) < 4.78 is 28.0. The standard InChI is InChI=1S/C4H8O3S.C3H3N.Na.H/c1-4(2)3-8(5,6)7;1-2-3-4;;/h1,3H2,2H3,(H,5,6,7);2H,1H2;;/q;;+1;-1. The monoisotopic (exact) mass is 213 g/mol. The number of allylic oxidation sites excluding steroid dienone is 1. The van der Waals surface area contributed by atoms with Gasteiger partial charge in [-0.15, -0.1) is 0 Å². The Morgan fingerprint density at radius 2 is 2.08 bits per heavy atom. The predicted octanol–water partition coefficient (Wildman–Crippen LogP) is -1.74. The third kappa shape index (κ3) is 33.5. The largest absolute Gasteiger partial charge is 1.00 e. The number of nitriles is 1. The Labute approximate surface area is 102 Å². The Morgan fingerprint density at radius 1 is 1.77 bits per heavy atom. The first-order valence-corrected chi connectivity index (χ1v) is 4.54. The molecule has 13 heavy (non-hydrogen) atoms. The normalized spacial score (nSPS) is 8.08. The van der Waals surface area contributed by atoms with Crippen molar-refractivity contribution in [3.63, 3.8) is 0 Å². The van der Waals surface area contributed by atoms with E-state index in [1.54, 1.807) is 6.07 Å². The van der Waals surface area contributed by atoms with Gasteiger partial charge in [0, 0.05) is 6.08 Å². The van der Waals surface area contributed by atoms with Gasteiger partial charge < -0.3 is 1.43 Å². The predicted molar refractivity (Wildman–Crippen MR) is 48.2 cm³/mol. The van der Waals surface area contributed by atoms with Crippen LogP contribution in [0.25, 0.3) is 0 Å².